The van der Waals surface area contributed by atoms with Crippen molar-refractivity contribution >= 4 is 17.0 Å². The predicted molar refractivity (Wildman–Crippen MR) is 115 cm³/mol. The van der Waals surface area contributed by atoms with E-state index >= 15 is 0 Å². The van der Waals surface area contributed by atoms with Crippen molar-refractivity contribution in [3.63, 3.8) is 0 Å². The van der Waals surface area contributed by atoms with Crippen molar-refractivity contribution < 1.29 is 4.74 Å². The second-order valence-electron chi connectivity index (χ2n) is 7.55. The van der Waals surface area contributed by atoms with Gasteiger partial charge in [-0.15, -0.1) is 0 Å². The molecule has 7 heteroatoms. The lowest BCUT2D eigenvalue weighted by molar-refractivity contribution is 0.0320. The molecule has 1 aromatic heterocycles. The van der Waals surface area contributed by atoms with E-state index in [1.807, 2.05) is 13.1 Å². The lowest BCUT2D eigenvalue weighted by atomic mass is 10.1. The van der Waals surface area contributed by atoms with E-state index in [9.17, 15) is 0 Å². The van der Waals surface area contributed by atoms with E-state index in [4.69, 9.17) is 4.74 Å². The van der Waals surface area contributed by atoms with Crippen LogP contribution in [0, 0.1) is 12.8 Å². The normalized spacial score (nSPS) is 17.0. The molecule has 1 aliphatic rings. The van der Waals surface area contributed by atoms with Crippen LogP contribution < -0.4 is 10.6 Å². The molecule has 2 aromatic rings. The van der Waals surface area contributed by atoms with Crippen molar-refractivity contribution in [2.45, 2.75) is 26.8 Å². The SMILES string of the molecule is CN=C(NCCCn1c(C)nc2ccccc21)NCC(C)CN1CCOCC1. The van der Waals surface area contributed by atoms with E-state index < -0.39 is 0 Å². The Labute approximate surface area is 168 Å². The molecule has 0 saturated carbocycles. The number of aryl methyl sites for hydroxylation is 2. The van der Waals surface area contributed by atoms with E-state index in [-0.39, 0.29) is 0 Å². The van der Waals surface area contributed by atoms with Crippen molar-refractivity contribution in [2.24, 2.45) is 10.9 Å². The first kappa shape index (κ1) is 20.6. The molecule has 0 bridgehead atoms. The van der Waals surface area contributed by atoms with Crippen LogP contribution in [0.5, 0.6) is 0 Å². The van der Waals surface area contributed by atoms with Crippen LogP contribution in [-0.4, -0.2) is 73.4 Å². The van der Waals surface area contributed by atoms with E-state index in [1.54, 1.807) is 0 Å². The number of guanidine groups is 1. The fraction of sp³-hybridized carbons (Fsp3) is 0.619. The molecule has 2 N–H and O–H groups in total. The molecule has 1 atom stereocenters. The third kappa shape index (κ3) is 5.69. The first-order chi connectivity index (χ1) is 13.7. The number of para-hydroxylation sites is 2. The summed E-state index contributed by atoms with van der Waals surface area (Å²) >= 11 is 0. The molecule has 1 aliphatic heterocycles. The van der Waals surface area contributed by atoms with Gasteiger partial charge in [-0.05, 0) is 31.4 Å². The summed E-state index contributed by atoms with van der Waals surface area (Å²) in [4.78, 5) is 11.5. The molecule has 1 fully saturated rings. The summed E-state index contributed by atoms with van der Waals surface area (Å²) in [5.41, 5.74) is 2.28. The number of hydrogen-bond donors (Lipinski definition) is 2. The highest BCUT2D eigenvalue weighted by Crippen LogP contribution is 2.15. The van der Waals surface area contributed by atoms with Crippen LogP contribution in [0.1, 0.15) is 19.2 Å². The smallest absolute Gasteiger partial charge is 0.190 e. The van der Waals surface area contributed by atoms with Crippen LogP contribution in [0.2, 0.25) is 0 Å². The first-order valence-corrected chi connectivity index (χ1v) is 10.3. The number of hydrogen-bond acceptors (Lipinski definition) is 4. The van der Waals surface area contributed by atoms with Gasteiger partial charge in [-0.1, -0.05) is 19.1 Å². The third-order valence-electron chi connectivity index (χ3n) is 5.21. The molecule has 1 unspecified atom stereocenters. The Kier molecular flexibility index (Phi) is 7.68. The predicted octanol–water partition coefficient (Wildman–Crippen LogP) is 1.87. The van der Waals surface area contributed by atoms with Gasteiger partial charge in [-0.25, -0.2) is 4.98 Å². The minimum Gasteiger partial charge on any atom is -0.379 e. The maximum absolute atomic E-state index is 5.42. The quantitative estimate of drug-likeness (QED) is 0.412. The Morgan fingerprint density at radius 2 is 2.04 bits per heavy atom. The lowest BCUT2D eigenvalue weighted by Gasteiger charge is -2.29. The molecular weight excluding hydrogens is 352 g/mol. The van der Waals surface area contributed by atoms with Crippen LogP contribution in [-0.2, 0) is 11.3 Å². The van der Waals surface area contributed by atoms with Crippen LogP contribution >= 0.6 is 0 Å². The zero-order chi connectivity index (χ0) is 19.8. The van der Waals surface area contributed by atoms with Gasteiger partial charge in [0.1, 0.15) is 5.82 Å². The van der Waals surface area contributed by atoms with Gasteiger partial charge >= 0.3 is 0 Å². The van der Waals surface area contributed by atoms with Gasteiger partial charge in [0.15, 0.2) is 5.96 Å². The highest BCUT2D eigenvalue weighted by atomic mass is 16.5. The number of morpholine rings is 1. The van der Waals surface area contributed by atoms with Crippen LogP contribution in [0.25, 0.3) is 11.0 Å². The molecule has 7 nitrogen and oxygen atoms in total. The number of aliphatic imine (C=N–C) groups is 1. The lowest BCUT2D eigenvalue weighted by Crippen LogP contribution is -2.44. The maximum atomic E-state index is 5.42. The number of ether oxygens (including phenoxy) is 1. The molecule has 0 spiro atoms. The number of aromatic nitrogens is 2. The summed E-state index contributed by atoms with van der Waals surface area (Å²) in [7, 11) is 1.83. The Bertz CT molecular complexity index is 765. The summed E-state index contributed by atoms with van der Waals surface area (Å²) in [6, 6.07) is 8.32. The van der Waals surface area contributed by atoms with Gasteiger partial charge in [0.25, 0.3) is 0 Å². The van der Waals surface area contributed by atoms with Crippen molar-refractivity contribution in [2.75, 3.05) is 53.0 Å². The molecule has 1 saturated heterocycles. The highest BCUT2D eigenvalue weighted by Gasteiger charge is 2.14. The van der Waals surface area contributed by atoms with Crippen LogP contribution in [0.3, 0.4) is 0 Å². The van der Waals surface area contributed by atoms with Gasteiger partial charge < -0.3 is 19.9 Å². The van der Waals surface area contributed by atoms with Gasteiger partial charge in [0.05, 0.1) is 24.2 Å². The Morgan fingerprint density at radius 1 is 1.25 bits per heavy atom. The van der Waals surface area contributed by atoms with E-state index in [0.717, 1.165) is 76.2 Å². The van der Waals surface area contributed by atoms with Crippen molar-refractivity contribution in [1.82, 2.24) is 25.1 Å². The summed E-state index contributed by atoms with van der Waals surface area (Å²) in [5, 5.41) is 6.89. The van der Waals surface area contributed by atoms with Gasteiger partial charge in [-0.2, -0.15) is 0 Å². The molecule has 3 rings (SSSR count). The zero-order valence-corrected chi connectivity index (χ0v) is 17.4. The molecular formula is C21H34N6O. The van der Waals surface area contributed by atoms with Gasteiger partial charge in [-0.3, -0.25) is 9.89 Å². The van der Waals surface area contributed by atoms with Gasteiger partial charge in [0, 0.05) is 46.3 Å². The number of imidazole rings is 1. The molecule has 28 heavy (non-hydrogen) atoms. The Balaban J connectivity index is 1.37. The van der Waals surface area contributed by atoms with E-state index in [1.165, 1.54) is 5.52 Å². The molecule has 2 heterocycles. The molecule has 1 aromatic carbocycles. The van der Waals surface area contributed by atoms with Crippen molar-refractivity contribution in [1.29, 1.82) is 0 Å². The van der Waals surface area contributed by atoms with E-state index in [2.05, 4.69) is 62.1 Å². The fourth-order valence-electron chi connectivity index (χ4n) is 3.70. The summed E-state index contributed by atoms with van der Waals surface area (Å²) in [6.07, 6.45) is 1.02. The molecule has 0 amide bonds. The molecule has 154 valence electrons. The first-order valence-electron chi connectivity index (χ1n) is 10.3. The number of fused-ring (bicyclic) bond motifs is 1. The average Bonchev–Trinajstić information content (AvgIpc) is 3.03. The summed E-state index contributed by atoms with van der Waals surface area (Å²) < 4.78 is 7.71. The monoisotopic (exact) mass is 386 g/mol. The minimum absolute atomic E-state index is 0.566. The van der Waals surface area contributed by atoms with Crippen molar-refractivity contribution in [3.05, 3.63) is 30.1 Å². The Morgan fingerprint density at radius 3 is 2.82 bits per heavy atom. The fourth-order valence-corrected chi connectivity index (χ4v) is 3.70. The maximum Gasteiger partial charge on any atom is 0.190 e. The number of nitrogens with zero attached hydrogens (tertiary/aromatic N) is 4. The van der Waals surface area contributed by atoms with Crippen LogP contribution in [0.4, 0.5) is 0 Å². The van der Waals surface area contributed by atoms with E-state index in [0.29, 0.717) is 5.92 Å². The molecule has 0 aliphatic carbocycles. The minimum atomic E-state index is 0.566. The average molecular weight is 387 g/mol. The second kappa shape index (κ2) is 10.4. The van der Waals surface area contributed by atoms with Crippen molar-refractivity contribution in [3.8, 4) is 0 Å². The standard InChI is InChI=1S/C21H34N6O/c1-17(16-26-11-13-28-14-12-26)15-24-21(22-3)23-9-6-10-27-18(2)25-19-7-4-5-8-20(19)27/h4-5,7-8,17H,6,9-16H2,1-3H3,(H2,22,23,24). The number of benzene rings is 1. The van der Waals surface area contributed by atoms with Gasteiger partial charge in [0.2, 0.25) is 0 Å². The zero-order valence-electron chi connectivity index (χ0n) is 17.4. The largest absolute Gasteiger partial charge is 0.379 e. The number of nitrogens with one attached hydrogen (secondary N) is 2. The Hall–Kier alpha value is -2.12. The molecule has 0 radical (unpaired) electrons. The third-order valence-corrected chi connectivity index (χ3v) is 5.21. The summed E-state index contributed by atoms with van der Waals surface area (Å²) in [6.45, 7) is 12.0. The van der Waals surface area contributed by atoms with Crippen LogP contribution in [0.15, 0.2) is 29.3 Å². The summed E-state index contributed by atoms with van der Waals surface area (Å²) in [5.74, 6) is 2.51. The topological polar surface area (TPSA) is 66.7 Å². The number of rotatable bonds is 8. The highest BCUT2D eigenvalue weighted by molar-refractivity contribution is 5.79. The second-order valence-corrected chi connectivity index (χ2v) is 7.55.